The van der Waals surface area contributed by atoms with Gasteiger partial charge in [-0.05, 0) is 43.5 Å². The van der Waals surface area contributed by atoms with Gasteiger partial charge in [-0.25, -0.2) is 0 Å². The number of halogens is 3. The zero-order valence-corrected chi connectivity index (χ0v) is 9.87. The average molecular weight is 259 g/mol. The molecule has 1 fully saturated rings. The molecule has 1 heterocycles. The summed E-state index contributed by atoms with van der Waals surface area (Å²) in [6.07, 6.45) is -2.72. The van der Waals surface area contributed by atoms with Gasteiger partial charge in [0.15, 0.2) is 0 Å². The highest BCUT2D eigenvalue weighted by Crippen LogP contribution is 2.31. The molecule has 18 heavy (non-hydrogen) atoms. The molecule has 0 saturated carbocycles. The van der Waals surface area contributed by atoms with Gasteiger partial charge in [0.2, 0.25) is 0 Å². The van der Waals surface area contributed by atoms with Crippen molar-refractivity contribution in [3.63, 3.8) is 0 Å². The fourth-order valence-corrected chi connectivity index (χ4v) is 2.29. The quantitative estimate of drug-likeness (QED) is 0.874. The number of nitrogens with one attached hydrogen (secondary N) is 1. The number of hydrogen-bond donors (Lipinski definition) is 2. The Morgan fingerprint density at radius 1 is 1.39 bits per heavy atom. The fourth-order valence-electron chi connectivity index (χ4n) is 2.29. The van der Waals surface area contributed by atoms with Crippen LogP contribution >= 0.6 is 0 Å². The monoisotopic (exact) mass is 259 g/mol. The van der Waals surface area contributed by atoms with Crippen molar-refractivity contribution >= 4 is 0 Å². The van der Waals surface area contributed by atoms with Crippen molar-refractivity contribution in [3.8, 4) is 0 Å². The highest BCUT2D eigenvalue weighted by Gasteiger charge is 2.31. The molecule has 2 atom stereocenters. The largest absolute Gasteiger partial charge is 0.416 e. The molecule has 100 valence electrons. The minimum absolute atomic E-state index is 0.203. The average Bonchev–Trinajstić information content (AvgIpc) is 2.81. The Kier molecular flexibility index (Phi) is 3.92. The van der Waals surface area contributed by atoms with Gasteiger partial charge in [-0.3, -0.25) is 0 Å². The number of aliphatic hydroxyl groups is 1. The molecule has 0 bridgehead atoms. The molecule has 2 N–H and O–H groups in total. The van der Waals surface area contributed by atoms with E-state index in [0.29, 0.717) is 12.0 Å². The van der Waals surface area contributed by atoms with Crippen LogP contribution in [0.3, 0.4) is 0 Å². The van der Waals surface area contributed by atoms with Crippen molar-refractivity contribution in [2.45, 2.75) is 37.6 Å². The summed E-state index contributed by atoms with van der Waals surface area (Å²) < 4.78 is 37.6. The molecule has 5 heteroatoms. The summed E-state index contributed by atoms with van der Waals surface area (Å²) in [5, 5.41) is 13.2. The molecule has 2 nitrogen and oxygen atoms in total. The second-order valence-electron chi connectivity index (χ2n) is 4.67. The number of alkyl halides is 3. The predicted molar refractivity (Wildman–Crippen MR) is 62.0 cm³/mol. The van der Waals surface area contributed by atoms with Crippen molar-refractivity contribution in [2.75, 3.05) is 6.54 Å². The Labute approximate surface area is 104 Å². The molecule has 1 aromatic carbocycles. The number of aliphatic hydroxyl groups excluding tert-OH is 1. The molecule has 0 aliphatic carbocycles. The lowest BCUT2D eigenvalue weighted by molar-refractivity contribution is -0.137. The first-order chi connectivity index (χ1) is 8.47. The van der Waals surface area contributed by atoms with Gasteiger partial charge in [-0.15, -0.1) is 0 Å². The van der Waals surface area contributed by atoms with Crippen molar-refractivity contribution in [3.05, 3.63) is 35.4 Å². The van der Waals surface area contributed by atoms with Crippen LogP contribution in [0.1, 0.15) is 36.5 Å². The Morgan fingerprint density at radius 3 is 2.78 bits per heavy atom. The number of benzene rings is 1. The highest BCUT2D eigenvalue weighted by molar-refractivity contribution is 5.27. The zero-order valence-electron chi connectivity index (χ0n) is 9.87. The van der Waals surface area contributed by atoms with Gasteiger partial charge in [0, 0.05) is 6.04 Å². The number of rotatable bonds is 3. The van der Waals surface area contributed by atoms with Gasteiger partial charge in [-0.2, -0.15) is 13.2 Å². The molecule has 2 rings (SSSR count). The van der Waals surface area contributed by atoms with Crippen molar-refractivity contribution < 1.29 is 18.3 Å². The van der Waals surface area contributed by atoms with Crippen LogP contribution in [-0.2, 0) is 6.18 Å². The Morgan fingerprint density at radius 2 is 2.17 bits per heavy atom. The lowest BCUT2D eigenvalue weighted by Crippen LogP contribution is -2.23. The summed E-state index contributed by atoms with van der Waals surface area (Å²) >= 11 is 0. The SMILES string of the molecule is OC(CC1CCCN1)c1cccc(C(F)(F)F)c1. The molecule has 0 amide bonds. The van der Waals surface area contributed by atoms with E-state index in [2.05, 4.69) is 5.32 Å². The van der Waals surface area contributed by atoms with E-state index in [4.69, 9.17) is 0 Å². The van der Waals surface area contributed by atoms with Gasteiger partial charge >= 0.3 is 6.18 Å². The molecule has 0 spiro atoms. The van der Waals surface area contributed by atoms with E-state index < -0.39 is 17.8 Å². The van der Waals surface area contributed by atoms with E-state index in [-0.39, 0.29) is 6.04 Å². The van der Waals surface area contributed by atoms with E-state index in [1.807, 2.05) is 0 Å². The summed E-state index contributed by atoms with van der Waals surface area (Å²) in [5.41, 5.74) is -0.378. The first-order valence-electron chi connectivity index (χ1n) is 6.05. The molecule has 0 aromatic heterocycles. The Hall–Kier alpha value is -1.07. The van der Waals surface area contributed by atoms with Crippen LogP contribution in [0.25, 0.3) is 0 Å². The van der Waals surface area contributed by atoms with Gasteiger partial charge in [0.1, 0.15) is 0 Å². The maximum atomic E-state index is 12.5. The lowest BCUT2D eigenvalue weighted by atomic mass is 9.99. The first-order valence-corrected chi connectivity index (χ1v) is 6.05. The smallest absolute Gasteiger partial charge is 0.388 e. The Bertz CT molecular complexity index is 399. The van der Waals surface area contributed by atoms with E-state index in [0.717, 1.165) is 31.5 Å². The van der Waals surface area contributed by atoms with Crippen LogP contribution in [0.15, 0.2) is 24.3 Å². The van der Waals surface area contributed by atoms with Crippen LogP contribution in [0.2, 0.25) is 0 Å². The van der Waals surface area contributed by atoms with Crippen LogP contribution < -0.4 is 5.32 Å². The molecule has 2 unspecified atom stereocenters. The van der Waals surface area contributed by atoms with Gasteiger partial charge in [-0.1, -0.05) is 12.1 Å². The van der Waals surface area contributed by atoms with Crippen LogP contribution in [0.5, 0.6) is 0 Å². The van der Waals surface area contributed by atoms with Crippen LogP contribution in [0, 0.1) is 0 Å². The molecular weight excluding hydrogens is 243 g/mol. The topological polar surface area (TPSA) is 32.3 Å². The molecule has 1 aromatic rings. The van der Waals surface area contributed by atoms with E-state index >= 15 is 0 Å². The second kappa shape index (κ2) is 5.28. The van der Waals surface area contributed by atoms with Crippen molar-refractivity contribution in [2.24, 2.45) is 0 Å². The maximum Gasteiger partial charge on any atom is 0.416 e. The molecule has 1 aliphatic rings. The van der Waals surface area contributed by atoms with Gasteiger partial charge in [0.05, 0.1) is 11.7 Å². The number of hydrogen-bond acceptors (Lipinski definition) is 2. The Balaban J connectivity index is 2.07. The highest BCUT2D eigenvalue weighted by atomic mass is 19.4. The van der Waals surface area contributed by atoms with Crippen LogP contribution in [0.4, 0.5) is 13.2 Å². The third-order valence-corrected chi connectivity index (χ3v) is 3.27. The third-order valence-electron chi connectivity index (χ3n) is 3.27. The maximum absolute atomic E-state index is 12.5. The lowest BCUT2D eigenvalue weighted by Gasteiger charge is -2.17. The summed E-state index contributed by atoms with van der Waals surface area (Å²) in [6.45, 7) is 0.917. The molecule has 1 saturated heterocycles. The normalized spacial score (nSPS) is 22.1. The van der Waals surface area contributed by atoms with Crippen LogP contribution in [-0.4, -0.2) is 17.7 Å². The standard InChI is InChI=1S/C13H16F3NO/c14-13(15,16)10-4-1-3-9(7-10)12(18)8-11-5-2-6-17-11/h1,3-4,7,11-12,17-18H,2,5-6,8H2. The third kappa shape index (κ3) is 3.23. The zero-order chi connectivity index (χ0) is 13.2. The van der Waals surface area contributed by atoms with Crippen molar-refractivity contribution in [1.82, 2.24) is 5.32 Å². The summed E-state index contributed by atoms with van der Waals surface area (Å²) in [7, 11) is 0. The van der Waals surface area contributed by atoms with Crippen molar-refractivity contribution in [1.29, 1.82) is 0 Å². The molecule has 0 radical (unpaired) electrons. The first kappa shape index (κ1) is 13.4. The van der Waals surface area contributed by atoms with E-state index in [1.54, 1.807) is 0 Å². The fraction of sp³-hybridized carbons (Fsp3) is 0.538. The van der Waals surface area contributed by atoms with E-state index in [9.17, 15) is 18.3 Å². The van der Waals surface area contributed by atoms with E-state index in [1.165, 1.54) is 12.1 Å². The van der Waals surface area contributed by atoms with Gasteiger partial charge < -0.3 is 10.4 Å². The molecule has 1 aliphatic heterocycles. The molecular formula is C13H16F3NO. The minimum Gasteiger partial charge on any atom is -0.388 e. The van der Waals surface area contributed by atoms with Gasteiger partial charge in [0.25, 0.3) is 0 Å². The second-order valence-corrected chi connectivity index (χ2v) is 4.67. The summed E-state index contributed by atoms with van der Waals surface area (Å²) in [5.74, 6) is 0. The predicted octanol–water partition coefficient (Wildman–Crippen LogP) is 2.88. The summed E-state index contributed by atoms with van der Waals surface area (Å²) in [6, 6.07) is 5.12. The minimum atomic E-state index is -4.36. The summed E-state index contributed by atoms with van der Waals surface area (Å²) in [4.78, 5) is 0.